The number of amides is 1. The summed E-state index contributed by atoms with van der Waals surface area (Å²) in [4.78, 5) is 13.7. The van der Waals surface area contributed by atoms with Gasteiger partial charge in [-0.2, -0.15) is 5.10 Å². The van der Waals surface area contributed by atoms with E-state index in [1.54, 1.807) is 46.6 Å². The van der Waals surface area contributed by atoms with Gasteiger partial charge in [0.1, 0.15) is 23.3 Å². The quantitative estimate of drug-likeness (QED) is 0.580. The van der Waals surface area contributed by atoms with Gasteiger partial charge in [0.15, 0.2) is 0 Å². The van der Waals surface area contributed by atoms with Crippen molar-refractivity contribution >= 4 is 28.8 Å². The van der Waals surface area contributed by atoms with Crippen molar-refractivity contribution in [3.8, 4) is 22.8 Å². The fourth-order valence-corrected chi connectivity index (χ4v) is 4.04. The third-order valence-electron chi connectivity index (χ3n) is 4.44. The zero-order valence-corrected chi connectivity index (χ0v) is 18.1. The van der Waals surface area contributed by atoms with Gasteiger partial charge in [-0.05, 0) is 36.4 Å². The molecule has 0 aliphatic carbocycles. The van der Waals surface area contributed by atoms with Crippen LogP contribution in [0.5, 0.6) is 11.5 Å². The second kappa shape index (κ2) is 9.30. The molecule has 3 rings (SSSR count). The average Bonchev–Trinajstić information content (AvgIpc) is 3.33. The molecule has 0 spiro atoms. The van der Waals surface area contributed by atoms with Gasteiger partial charge in [-0.3, -0.25) is 9.48 Å². The van der Waals surface area contributed by atoms with E-state index in [9.17, 15) is 4.79 Å². The van der Waals surface area contributed by atoms with Crippen molar-refractivity contribution in [2.24, 2.45) is 7.05 Å². The Hall–Kier alpha value is -2.55. The van der Waals surface area contributed by atoms with Crippen LogP contribution in [0.3, 0.4) is 0 Å². The highest BCUT2D eigenvalue weighted by Gasteiger charge is 2.19. The molecule has 3 aromatic rings. The molecule has 154 valence electrons. The standard InChI is InChI=1S/C20H22ClN3O4S/c1-24-15(20(25)22-11-17(28-4)18-7-8-19(21)29-18)10-14(23-24)13-9-12(26-2)5-6-16(13)27-3/h5-10,17H,11H2,1-4H3,(H,22,25). The second-order valence-corrected chi connectivity index (χ2v) is 7.93. The van der Waals surface area contributed by atoms with Crippen LogP contribution in [-0.4, -0.2) is 43.6 Å². The Bertz CT molecular complexity index is 1000. The molecule has 0 saturated carbocycles. The van der Waals surface area contributed by atoms with Gasteiger partial charge in [0, 0.05) is 31.1 Å². The van der Waals surface area contributed by atoms with E-state index in [0.717, 1.165) is 10.4 Å². The smallest absolute Gasteiger partial charge is 0.269 e. The minimum absolute atomic E-state index is 0.252. The van der Waals surface area contributed by atoms with Crippen molar-refractivity contribution in [2.45, 2.75) is 6.10 Å². The van der Waals surface area contributed by atoms with E-state index in [0.29, 0.717) is 33.8 Å². The molecule has 29 heavy (non-hydrogen) atoms. The summed E-state index contributed by atoms with van der Waals surface area (Å²) in [5, 5.41) is 7.37. The first kappa shape index (κ1) is 21.2. The second-order valence-electron chi connectivity index (χ2n) is 6.18. The molecule has 0 bridgehead atoms. The highest BCUT2D eigenvalue weighted by molar-refractivity contribution is 7.16. The Labute approximate surface area is 178 Å². The van der Waals surface area contributed by atoms with Crippen molar-refractivity contribution in [3.63, 3.8) is 0 Å². The van der Waals surface area contributed by atoms with Crippen molar-refractivity contribution in [1.29, 1.82) is 0 Å². The number of methoxy groups -OCH3 is 3. The topological polar surface area (TPSA) is 74.6 Å². The monoisotopic (exact) mass is 435 g/mol. The van der Waals surface area contributed by atoms with Gasteiger partial charge >= 0.3 is 0 Å². The Kier molecular flexibility index (Phi) is 6.79. The number of rotatable bonds is 8. The normalized spacial score (nSPS) is 11.9. The van der Waals surface area contributed by atoms with Crippen molar-refractivity contribution in [2.75, 3.05) is 27.9 Å². The summed E-state index contributed by atoms with van der Waals surface area (Å²) >= 11 is 7.42. The van der Waals surface area contributed by atoms with Crippen LogP contribution in [0.25, 0.3) is 11.3 Å². The number of hydrogen-bond donors (Lipinski definition) is 1. The van der Waals surface area contributed by atoms with Gasteiger partial charge in [0.25, 0.3) is 5.91 Å². The number of carbonyl (C=O) groups excluding carboxylic acids is 1. The Morgan fingerprint density at radius 1 is 1.21 bits per heavy atom. The SMILES string of the molecule is COc1ccc(OC)c(-c2cc(C(=O)NCC(OC)c3ccc(Cl)s3)n(C)n2)c1. The number of benzene rings is 1. The van der Waals surface area contributed by atoms with Crippen LogP contribution in [0.2, 0.25) is 4.34 Å². The van der Waals surface area contributed by atoms with Gasteiger partial charge < -0.3 is 19.5 Å². The summed E-state index contributed by atoms with van der Waals surface area (Å²) in [5.41, 5.74) is 1.77. The summed E-state index contributed by atoms with van der Waals surface area (Å²) in [6.45, 7) is 0.315. The number of halogens is 1. The highest BCUT2D eigenvalue weighted by atomic mass is 35.5. The van der Waals surface area contributed by atoms with Gasteiger partial charge in [0.2, 0.25) is 0 Å². The molecule has 1 N–H and O–H groups in total. The molecule has 9 heteroatoms. The Morgan fingerprint density at radius 2 is 2.00 bits per heavy atom. The summed E-state index contributed by atoms with van der Waals surface area (Å²) in [5.74, 6) is 1.07. The van der Waals surface area contributed by atoms with Crippen LogP contribution < -0.4 is 14.8 Å². The lowest BCUT2D eigenvalue weighted by Gasteiger charge is -2.14. The van der Waals surface area contributed by atoms with Crippen molar-refractivity contribution in [1.82, 2.24) is 15.1 Å². The summed E-state index contributed by atoms with van der Waals surface area (Å²) in [7, 11) is 6.50. The highest BCUT2D eigenvalue weighted by Crippen LogP contribution is 2.33. The van der Waals surface area contributed by atoms with Gasteiger partial charge in [-0.15, -0.1) is 11.3 Å². The van der Waals surface area contributed by atoms with E-state index in [1.807, 2.05) is 18.2 Å². The van der Waals surface area contributed by atoms with Gasteiger partial charge in [0.05, 0.1) is 24.2 Å². The largest absolute Gasteiger partial charge is 0.497 e. The average molecular weight is 436 g/mol. The molecule has 2 aromatic heterocycles. The molecule has 0 radical (unpaired) electrons. The number of nitrogens with zero attached hydrogens (tertiary/aromatic N) is 2. The summed E-state index contributed by atoms with van der Waals surface area (Å²) in [6.07, 6.45) is -0.275. The number of aromatic nitrogens is 2. The lowest BCUT2D eigenvalue weighted by atomic mass is 10.1. The lowest BCUT2D eigenvalue weighted by molar-refractivity contribution is 0.0830. The third kappa shape index (κ3) is 4.72. The molecule has 0 aliphatic heterocycles. The predicted octanol–water partition coefficient (Wildman–Crippen LogP) is 3.94. The first-order valence-corrected chi connectivity index (χ1v) is 9.99. The van der Waals surface area contributed by atoms with Crippen LogP contribution in [0.1, 0.15) is 21.5 Å². The van der Waals surface area contributed by atoms with Crippen LogP contribution in [0.4, 0.5) is 0 Å². The van der Waals surface area contributed by atoms with Gasteiger partial charge in [-0.1, -0.05) is 11.6 Å². The Morgan fingerprint density at radius 3 is 2.62 bits per heavy atom. The molecular weight excluding hydrogens is 414 g/mol. The van der Waals surface area contributed by atoms with Crippen molar-refractivity contribution < 1.29 is 19.0 Å². The molecule has 2 heterocycles. The fourth-order valence-electron chi connectivity index (χ4n) is 2.90. The number of thiophene rings is 1. The molecule has 0 saturated heterocycles. The summed E-state index contributed by atoms with van der Waals surface area (Å²) in [6, 6.07) is 10.9. The van der Waals surface area contributed by atoms with E-state index in [4.69, 9.17) is 25.8 Å². The molecular formula is C20H22ClN3O4S. The van der Waals surface area contributed by atoms with Crippen LogP contribution in [0, 0.1) is 0 Å². The van der Waals surface area contributed by atoms with E-state index in [-0.39, 0.29) is 12.0 Å². The van der Waals surface area contributed by atoms with E-state index in [1.165, 1.54) is 16.0 Å². The van der Waals surface area contributed by atoms with E-state index >= 15 is 0 Å². The zero-order chi connectivity index (χ0) is 21.0. The predicted molar refractivity (Wildman–Crippen MR) is 113 cm³/mol. The maximum Gasteiger partial charge on any atom is 0.269 e. The van der Waals surface area contributed by atoms with Gasteiger partial charge in [-0.25, -0.2) is 0 Å². The minimum Gasteiger partial charge on any atom is -0.497 e. The maximum atomic E-state index is 12.7. The lowest BCUT2D eigenvalue weighted by Crippen LogP contribution is -2.30. The Balaban J connectivity index is 1.78. The van der Waals surface area contributed by atoms with Crippen LogP contribution >= 0.6 is 22.9 Å². The number of hydrogen-bond acceptors (Lipinski definition) is 6. The maximum absolute atomic E-state index is 12.7. The van der Waals surface area contributed by atoms with Crippen molar-refractivity contribution in [3.05, 3.63) is 51.3 Å². The number of nitrogens with one attached hydrogen (secondary N) is 1. The third-order valence-corrected chi connectivity index (χ3v) is 5.76. The molecule has 0 fully saturated rings. The molecule has 1 aromatic carbocycles. The van der Waals surface area contributed by atoms with E-state index < -0.39 is 0 Å². The number of carbonyl (C=O) groups is 1. The van der Waals surface area contributed by atoms with E-state index in [2.05, 4.69) is 10.4 Å². The molecule has 1 amide bonds. The van der Waals surface area contributed by atoms with Crippen LogP contribution in [0.15, 0.2) is 36.4 Å². The molecule has 1 unspecified atom stereocenters. The molecule has 7 nitrogen and oxygen atoms in total. The molecule has 1 atom stereocenters. The zero-order valence-electron chi connectivity index (χ0n) is 16.6. The first-order valence-electron chi connectivity index (χ1n) is 8.79. The first-order chi connectivity index (χ1) is 14.0. The summed E-state index contributed by atoms with van der Waals surface area (Å²) < 4.78 is 18.4. The molecule has 0 aliphatic rings. The number of ether oxygens (including phenoxy) is 3. The minimum atomic E-state index is -0.275. The number of aryl methyl sites for hydroxylation is 1. The fraction of sp³-hybridized carbons (Fsp3) is 0.300. The van der Waals surface area contributed by atoms with Crippen LogP contribution in [-0.2, 0) is 11.8 Å².